The van der Waals surface area contributed by atoms with E-state index >= 15 is 0 Å². The molecule has 0 unspecified atom stereocenters. The second-order valence-corrected chi connectivity index (χ2v) is 5.86. The van der Waals surface area contributed by atoms with Crippen LogP contribution in [0.3, 0.4) is 0 Å². The van der Waals surface area contributed by atoms with E-state index in [4.69, 9.17) is 9.47 Å². The van der Waals surface area contributed by atoms with Crippen molar-refractivity contribution in [2.75, 3.05) is 51.0 Å². The molecule has 0 bridgehead atoms. The lowest BCUT2D eigenvalue weighted by molar-refractivity contribution is 0.0189. The molecule has 2 amide bonds. The van der Waals surface area contributed by atoms with Crippen molar-refractivity contribution >= 4 is 11.8 Å². The van der Waals surface area contributed by atoms with Gasteiger partial charge in [-0.05, 0) is 19.1 Å². The molecular weight excluding hydrogens is 296 g/mol. The van der Waals surface area contributed by atoms with E-state index < -0.39 is 0 Å². The molecule has 1 aromatic rings. The largest absolute Gasteiger partial charge is 0.378 e. The molecule has 3 rings (SSSR count). The Balaban J connectivity index is 1.56. The zero-order valence-corrected chi connectivity index (χ0v) is 13.5. The molecule has 0 radical (unpaired) electrons. The number of hydrogen-bond donors (Lipinski definition) is 1. The maximum atomic E-state index is 12.3. The van der Waals surface area contributed by atoms with Gasteiger partial charge in [-0.15, -0.1) is 0 Å². The van der Waals surface area contributed by atoms with Gasteiger partial charge in [0.1, 0.15) is 5.82 Å². The van der Waals surface area contributed by atoms with Crippen LogP contribution < -0.4 is 10.2 Å². The second-order valence-electron chi connectivity index (χ2n) is 5.86. The van der Waals surface area contributed by atoms with Crippen molar-refractivity contribution < 1.29 is 14.3 Å². The van der Waals surface area contributed by atoms with Crippen molar-refractivity contribution in [2.24, 2.45) is 0 Å². The Labute approximate surface area is 136 Å². The maximum absolute atomic E-state index is 12.3. The second kappa shape index (κ2) is 7.61. The first-order valence-electron chi connectivity index (χ1n) is 8.15. The van der Waals surface area contributed by atoms with Gasteiger partial charge in [-0.3, -0.25) is 0 Å². The van der Waals surface area contributed by atoms with Gasteiger partial charge in [0.2, 0.25) is 0 Å². The molecular formula is C16H24N4O3. The average Bonchev–Trinajstić information content (AvgIpc) is 2.61. The molecule has 2 fully saturated rings. The SMILES string of the molecule is C[C@@H]1COCCN1C(=O)NCc1cccc(N2CCOCC2)n1. The van der Waals surface area contributed by atoms with Crippen molar-refractivity contribution in [3.63, 3.8) is 0 Å². The number of morpholine rings is 2. The molecule has 23 heavy (non-hydrogen) atoms. The molecule has 2 aliphatic heterocycles. The monoisotopic (exact) mass is 320 g/mol. The van der Waals surface area contributed by atoms with Crippen molar-refractivity contribution in [3.05, 3.63) is 23.9 Å². The minimum atomic E-state index is -0.0561. The van der Waals surface area contributed by atoms with Crippen LogP contribution in [0.25, 0.3) is 0 Å². The van der Waals surface area contributed by atoms with Gasteiger partial charge < -0.3 is 24.6 Å². The average molecular weight is 320 g/mol. The van der Waals surface area contributed by atoms with Crippen LogP contribution in [0.15, 0.2) is 18.2 Å². The van der Waals surface area contributed by atoms with Crippen LogP contribution >= 0.6 is 0 Å². The van der Waals surface area contributed by atoms with Gasteiger partial charge >= 0.3 is 6.03 Å². The number of carbonyl (C=O) groups excluding carboxylic acids is 1. The minimum absolute atomic E-state index is 0.0561. The Bertz CT molecular complexity index is 534. The standard InChI is InChI=1S/C16H24N4O3/c1-13-12-23-10-7-20(13)16(21)17-11-14-3-2-4-15(18-14)19-5-8-22-9-6-19/h2-4,13H,5-12H2,1H3,(H,17,21)/t13-/m1/s1. The molecule has 0 aliphatic carbocycles. The molecule has 0 saturated carbocycles. The summed E-state index contributed by atoms with van der Waals surface area (Å²) in [6.45, 7) is 7.43. The smallest absolute Gasteiger partial charge is 0.318 e. The number of aromatic nitrogens is 1. The van der Waals surface area contributed by atoms with Gasteiger partial charge in [0.25, 0.3) is 0 Å². The fourth-order valence-electron chi connectivity index (χ4n) is 2.83. The topological polar surface area (TPSA) is 66.9 Å². The highest BCUT2D eigenvalue weighted by molar-refractivity contribution is 5.74. The van der Waals surface area contributed by atoms with Crippen molar-refractivity contribution in [2.45, 2.75) is 19.5 Å². The lowest BCUT2D eigenvalue weighted by Gasteiger charge is -2.33. The third-order valence-corrected chi connectivity index (χ3v) is 4.18. The molecule has 0 aromatic carbocycles. The lowest BCUT2D eigenvalue weighted by Crippen LogP contribution is -2.51. The van der Waals surface area contributed by atoms with Gasteiger partial charge in [0.15, 0.2) is 0 Å². The number of pyridine rings is 1. The van der Waals surface area contributed by atoms with E-state index in [0.29, 0.717) is 26.3 Å². The molecule has 0 spiro atoms. The van der Waals surface area contributed by atoms with Crippen LogP contribution in [0.2, 0.25) is 0 Å². The third-order valence-electron chi connectivity index (χ3n) is 4.18. The van der Waals surface area contributed by atoms with Gasteiger partial charge in [0.05, 0.1) is 44.7 Å². The number of ether oxygens (including phenoxy) is 2. The van der Waals surface area contributed by atoms with Crippen molar-refractivity contribution in [1.82, 2.24) is 15.2 Å². The zero-order chi connectivity index (χ0) is 16.1. The highest BCUT2D eigenvalue weighted by atomic mass is 16.5. The molecule has 7 heteroatoms. The van der Waals surface area contributed by atoms with E-state index in [2.05, 4.69) is 15.2 Å². The summed E-state index contributed by atoms with van der Waals surface area (Å²) in [5.41, 5.74) is 0.864. The Morgan fingerprint density at radius 2 is 2.04 bits per heavy atom. The predicted molar refractivity (Wildman–Crippen MR) is 86.5 cm³/mol. The molecule has 2 aliphatic rings. The van der Waals surface area contributed by atoms with Crippen LogP contribution in [-0.4, -0.2) is 68.0 Å². The summed E-state index contributed by atoms with van der Waals surface area (Å²) in [5, 5.41) is 2.95. The lowest BCUT2D eigenvalue weighted by atomic mass is 10.2. The first-order valence-corrected chi connectivity index (χ1v) is 8.15. The van der Waals surface area contributed by atoms with Crippen LogP contribution in [0, 0.1) is 0 Å². The highest BCUT2D eigenvalue weighted by Gasteiger charge is 2.23. The van der Waals surface area contributed by atoms with Crippen molar-refractivity contribution in [3.8, 4) is 0 Å². The number of urea groups is 1. The number of nitrogens with one attached hydrogen (secondary N) is 1. The molecule has 7 nitrogen and oxygen atoms in total. The van der Waals surface area contributed by atoms with E-state index in [1.807, 2.05) is 30.0 Å². The quantitative estimate of drug-likeness (QED) is 0.894. The number of amides is 2. The molecule has 1 atom stereocenters. The van der Waals surface area contributed by atoms with Gasteiger partial charge in [-0.25, -0.2) is 9.78 Å². The fourth-order valence-corrected chi connectivity index (χ4v) is 2.83. The van der Waals surface area contributed by atoms with Crippen molar-refractivity contribution in [1.29, 1.82) is 0 Å². The summed E-state index contributed by atoms with van der Waals surface area (Å²) in [4.78, 5) is 20.9. The third kappa shape index (κ3) is 4.11. The summed E-state index contributed by atoms with van der Waals surface area (Å²) < 4.78 is 10.7. The summed E-state index contributed by atoms with van der Waals surface area (Å²) in [6.07, 6.45) is 0. The summed E-state index contributed by atoms with van der Waals surface area (Å²) in [5.74, 6) is 0.944. The number of anilines is 1. The van der Waals surface area contributed by atoms with Crippen LogP contribution in [0.1, 0.15) is 12.6 Å². The number of hydrogen-bond acceptors (Lipinski definition) is 5. The van der Waals surface area contributed by atoms with Gasteiger partial charge in [0, 0.05) is 19.6 Å². The zero-order valence-electron chi connectivity index (χ0n) is 13.5. The Morgan fingerprint density at radius 3 is 2.83 bits per heavy atom. The summed E-state index contributed by atoms with van der Waals surface area (Å²) in [7, 11) is 0. The number of carbonyl (C=O) groups is 1. The molecule has 126 valence electrons. The Morgan fingerprint density at radius 1 is 1.26 bits per heavy atom. The van der Waals surface area contributed by atoms with Crippen LogP contribution in [0.5, 0.6) is 0 Å². The van der Waals surface area contributed by atoms with Crippen LogP contribution in [0.4, 0.5) is 10.6 Å². The van der Waals surface area contributed by atoms with E-state index in [9.17, 15) is 4.79 Å². The number of nitrogens with zero attached hydrogens (tertiary/aromatic N) is 3. The number of rotatable bonds is 3. The van der Waals surface area contributed by atoms with E-state index in [0.717, 1.165) is 37.8 Å². The Kier molecular flexibility index (Phi) is 5.30. The molecule has 1 N–H and O–H groups in total. The Hall–Kier alpha value is -1.86. The fraction of sp³-hybridized carbons (Fsp3) is 0.625. The first-order chi connectivity index (χ1) is 11.2. The molecule has 1 aromatic heterocycles. The molecule has 3 heterocycles. The van der Waals surface area contributed by atoms with E-state index in [1.165, 1.54) is 0 Å². The van der Waals surface area contributed by atoms with Gasteiger partial charge in [-0.1, -0.05) is 6.07 Å². The first kappa shape index (κ1) is 16.0. The summed E-state index contributed by atoms with van der Waals surface area (Å²) in [6, 6.07) is 5.97. The minimum Gasteiger partial charge on any atom is -0.378 e. The van der Waals surface area contributed by atoms with Gasteiger partial charge in [-0.2, -0.15) is 0 Å². The van der Waals surface area contributed by atoms with E-state index in [1.54, 1.807) is 0 Å². The summed E-state index contributed by atoms with van der Waals surface area (Å²) >= 11 is 0. The maximum Gasteiger partial charge on any atom is 0.318 e. The van der Waals surface area contributed by atoms with E-state index in [-0.39, 0.29) is 12.1 Å². The highest BCUT2D eigenvalue weighted by Crippen LogP contribution is 2.13. The molecule has 2 saturated heterocycles. The van der Waals surface area contributed by atoms with Crippen LogP contribution in [-0.2, 0) is 16.0 Å². The predicted octanol–water partition coefficient (Wildman–Crippen LogP) is 0.848. The normalized spacial score (nSPS) is 22.0.